The number of hydrogen-bond donors (Lipinski definition) is 1. The van der Waals surface area contributed by atoms with Crippen LogP contribution in [0, 0.1) is 5.41 Å². The zero-order valence-corrected chi connectivity index (χ0v) is 15.9. The van der Waals surface area contributed by atoms with Crippen LogP contribution in [0.5, 0.6) is 0 Å². The Morgan fingerprint density at radius 3 is 2.44 bits per heavy atom. The van der Waals surface area contributed by atoms with E-state index < -0.39 is 37.6 Å². The molecule has 1 N–H and O–H groups in total. The summed E-state index contributed by atoms with van der Waals surface area (Å²) in [6, 6.07) is 1.94. The van der Waals surface area contributed by atoms with Gasteiger partial charge in [0, 0.05) is 44.3 Å². The predicted molar refractivity (Wildman–Crippen MR) is 91.1 cm³/mol. The molecule has 3 saturated heterocycles. The predicted octanol–water partition coefficient (Wildman–Crippen LogP) is 1.94. The number of halogens is 4. The van der Waals surface area contributed by atoms with Gasteiger partial charge in [-0.25, -0.2) is 13.4 Å². The molecule has 11 heteroatoms. The Hall–Kier alpha value is -0.940. The quantitative estimate of drug-likeness (QED) is 0.746. The molecule has 3 aliphatic rings. The lowest BCUT2D eigenvalue weighted by molar-refractivity contribution is -0.141. The first kappa shape index (κ1) is 19.4. The van der Waals surface area contributed by atoms with E-state index in [9.17, 15) is 21.6 Å². The van der Waals surface area contributed by atoms with Gasteiger partial charge in [-0.15, -0.1) is 0 Å². The lowest BCUT2D eigenvalue weighted by atomic mass is 9.73. The zero-order chi connectivity index (χ0) is 19.4. The number of rotatable bonds is 3. The Bertz CT molecular complexity index is 837. The van der Waals surface area contributed by atoms with Crippen LogP contribution in [0.4, 0.5) is 13.2 Å². The van der Waals surface area contributed by atoms with E-state index in [1.54, 1.807) is 0 Å². The van der Waals surface area contributed by atoms with Crippen LogP contribution in [0.15, 0.2) is 17.0 Å². The van der Waals surface area contributed by atoms with Crippen LogP contribution >= 0.6 is 11.6 Å². The molecule has 1 spiro atoms. The summed E-state index contributed by atoms with van der Waals surface area (Å²) in [5.41, 5.74) is -1.64. The van der Waals surface area contributed by atoms with Gasteiger partial charge in [0.15, 0.2) is 9.84 Å². The molecule has 27 heavy (non-hydrogen) atoms. The normalized spacial score (nSPS) is 26.6. The molecule has 1 atom stereocenters. The van der Waals surface area contributed by atoms with E-state index in [4.69, 9.17) is 16.3 Å². The highest BCUT2D eigenvalue weighted by atomic mass is 35.5. The fourth-order valence-electron chi connectivity index (χ4n) is 4.18. The van der Waals surface area contributed by atoms with Gasteiger partial charge in [-0.1, -0.05) is 11.6 Å². The van der Waals surface area contributed by atoms with Crippen molar-refractivity contribution in [2.24, 2.45) is 5.41 Å². The van der Waals surface area contributed by atoms with Crippen molar-refractivity contribution in [1.29, 1.82) is 0 Å². The van der Waals surface area contributed by atoms with Crippen molar-refractivity contribution in [3.05, 3.63) is 23.0 Å². The molecule has 1 aromatic rings. The fourth-order valence-corrected chi connectivity index (χ4v) is 6.64. The number of aromatic nitrogens is 1. The Morgan fingerprint density at radius 1 is 1.26 bits per heavy atom. The summed E-state index contributed by atoms with van der Waals surface area (Å²) in [5.74, 6) is 0. The molecular formula is C16H19ClF3N3O3S. The van der Waals surface area contributed by atoms with Crippen LogP contribution in [0.1, 0.15) is 18.5 Å². The summed E-state index contributed by atoms with van der Waals surface area (Å²) in [6.07, 6.45) is -2.83. The van der Waals surface area contributed by atoms with Crippen LogP contribution < -0.4 is 5.32 Å². The number of nitrogens with zero attached hydrogens (tertiary/aromatic N) is 2. The Labute approximate surface area is 159 Å². The minimum atomic E-state index is -4.68. The van der Waals surface area contributed by atoms with Crippen molar-refractivity contribution >= 4 is 21.4 Å². The Balaban J connectivity index is 1.51. The van der Waals surface area contributed by atoms with E-state index in [2.05, 4.69) is 15.2 Å². The number of hydrogen-bond acceptors (Lipinski definition) is 6. The summed E-state index contributed by atoms with van der Waals surface area (Å²) >= 11 is 5.81. The van der Waals surface area contributed by atoms with Gasteiger partial charge in [0.25, 0.3) is 0 Å². The summed E-state index contributed by atoms with van der Waals surface area (Å²) in [5, 5.41) is 1.42. The largest absolute Gasteiger partial charge is 0.433 e. The molecule has 0 aromatic carbocycles. The molecule has 0 bridgehead atoms. The summed E-state index contributed by atoms with van der Waals surface area (Å²) in [6.45, 7) is 3.25. The molecule has 1 aromatic heterocycles. The van der Waals surface area contributed by atoms with Crippen LogP contribution in [0.3, 0.4) is 0 Å². The van der Waals surface area contributed by atoms with Gasteiger partial charge in [0.2, 0.25) is 0 Å². The van der Waals surface area contributed by atoms with Crippen molar-refractivity contribution < 1.29 is 26.3 Å². The highest BCUT2D eigenvalue weighted by Crippen LogP contribution is 2.46. The second-order valence-corrected chi connectivity index (χ2v) is 9.76. The number of pyridine rings is 1. The SMILES string of the molecule is O=S(=O)(c1ccc(C(F)(F)F)nc1Cl)C1NCC12CN(C1CCOCC1)C2. The average molecular weight is 426 g/mol. The van der Waals surface area contributed by atoms with Gasteiger partial charge in [0.1, 0.15) is 21.1 Å². The van der Waals surface area contributed by atoms with Gasteiger partial charge in [-0.3, -0.25) is 10.2 Å². The number of sulfone groups is 1. The molecule has 6 nitrogen and oxygen atoms in total. The van der Waals surface area contributed by atoms with Gasteiger partial charge >= 0.3 is 6.18 Å². The van der Waals surface area contributed by atoms with Crippen molar-refractivity contribution in [3.63, 3.8) is 0 Å². The highest BCUT2D eigenvalue weighted by molar-refractivity contribution is 7.92. The monoisotopic (exact) mass is 425 g/mol. The van der Waals surface area contributed by atoms with Gasteiger partial charge in [-0.05, 0) is 25.0 Å². The molecular weight excluding hydrogens is 407 g/mol. The van der Waals surface area contributed by atoms with Gasteiger partial charge in [0.05, 0.1) is 0 Å². The first-order valence-electron chi connectivity index (χ1n) is 8.66. The Kier molecular flexibility index (Phi) is 4.70. The van der Waals surface area contributed by atoms with E-state index >= 15 is 0 Å². The molecule has 4 heterocycles. The molecule has 3 fully saturated rings. The van der Waals surface area contributed by atoms with Gasteiger partial charge in [-0.2, -0.15) is 13.2 Å². The van der Waals surface area contributed by atoms with Crippen molar-refractivity contribution in [3.8, 4) is 0 Å². The summed E-state index contributed by atoms with van der Waals surface area (Å²) in [7, 11) is -3.94. The molecule has 1 unspecified atom stereocenters. The lowest BCUT2D eigenvalue weighted by Gasteiger charge is -2.62. The lowest BCUT2D eigenvalue weighted by Crippen LogP contribution is -2.79. The maximum absolute atomic E-state index is 13.0. The minimum absolute atomic E-state index is 0.363. The molecule has 0 aliphatic carbocycles. The molecule has 4 rings (SSSR count). The van der Waals surface area contributed by atoms with Crippen molar-refractivity contribution in [2.75, 3.05) is 32.8 Å². The second-order valence-electron chi connectivity index (χ2n) is 7.40. The maximum Gasteiger partial charge on any atom is 0.433 e. The fraction of sp³-hybridized carbons (Fsp3) is 0.688. The van der Waals surface area contributed by atoms with Crippen LogP contribution in [-0.4, -0.2) is 62.6 Å². The summed E-state index contributed by atoms with van der Waals surface area (Å²) < 4.78 is 69.5. The van der Waals surface area contributed by atoms with Crippen LogP contribution in [0.25, 0.3) is 0 Å². The number of nitrogens with one attached hydrogen (secondary N) is 1. The molecule has 150 valence electrons. The second kappa shape index (κ2) is 6.55. The highest BCUT2D eigenvalue weighted by Gasteiger charge is 2.61. The van der Waals surface area contributed by atoms with E-state index in [0.717, 1.165) is 18.9 Å². The van der Waals surface area contributed by atoms with E-state index in [1.807, 2.05) is 0 Å². The number of alkyl halides is 3. The first-order valence-corrected chi connectivity index (χ1v) is 10.6. The van der Waals surface area contributed by atoms with Gasteiger partial charge < -0.3 is 4.74 Å². The maximum atomic E-state index is 13.0. The van der Waals surface area contributed by atoms with Crippen molar-refractivity contribution in [1.82, 2.24) is 15.2 Å². The average Bonchev–Trinajstić information content (AvgIpc) is 2.52. The molecule has 0 saturated carbocycles. The summed E-state index contributed by atoms with van der Waals surface area (Å²) in [4.78, 5) is 5.14. The van der Waals surface area contributed by atoms with Crippen molar-refractivity contribution in [2.45, 2.75) is 35.3 Å². The first-order chi connectivity index (χ1) is 12.6. The molecule has 0 amide bonds. The smallest absolute Gasteiger partial charge is 0.381 e. The third-order valence-corrected chi connectivity index (χ3v) is 8.29. The molecule has 0 radical (unpaired) electrons. The topological polar surface area (TPSA) is 71.5 Å². The van der Waals surface area contributed by atoms with Crippen LogP contribution in [-0.2, 0) is 20.8 Å². The number of likely N-dealkylation sites (tertiary alicyclic amines) is 1. The third-order valence-electron chi connectivity index (χ3n) is 5.66. The van der Waals surface area contributed by atoms with E-state index in [-0.39, 0.29) is 4.90 Å². The van der Waals surface area contributed by atoms with E-state index in [1.165, 1.54) is 0 Å². The van der Waals surface area contributed by atoms with Crippen LogP contribution in [0.2, 0.25) is 5.15 Å². The third kappa shape index (κ3) is 3.25. The molecule has 3 aliphatic heterocycles. The zero-order valence-electron chi connectivity index (χ0n) is 14.3. The minimum Gasteiger partial charge on any atom is -0.381 e. The Morgan fingerprint density at radius 2 is 1.93 bits per heavy atom. The standard InChI is InChI=1S/C16H19ClF3N3O3S/c17-13-11(1-2-12(22-13)16(18,19)20)27(24,25)14-15(7-21-14)8-23(9-15)10-3-5-26-6-4-10/h1-2,10,14,21H,3-9H2. The van der Waals surface area contributed by atoms with E-state index in [0.29, 0.717) is 45.0 Å². The number of ether oxygens (including phenoxy) is 1.